The van der Waals surface area contributed by atoms with Crippen LogP contribution in [-0.4, -0.2) is 18.4 Å². The topological polar surface area (TPSA) is 79.5 Å². The van der Waals surface area contributed by atoms with Gasteiger partial charge in [0.15, 0.2) is 5.96 Å². The SMILES string of the molecule is CCN=C(N)Nc1cccc(NC(C)=O)c1. The first-order valence-electron chi connectivity index (χ1n) is 5.06. The standard InChI is InChI=1S/C11H16N4O/c1-3-13-11(12)15-10-6-4-5-9(7-10)14-8(2)16/h4-7H,3H2,1-2H3,(H,14,16)(H3,12,13,15). The molecule has 0 aliphatic rings. The Morgan fingerprint density at radius 3 is 2.56 bits per heavy atom. The van der Waals surface area contributed by atoms with Crippen LogP contribution in [0.25, 0.3) is 0 Å². The molecule has 0 atom stereocenters. The molecule has 1 aromatic carbocycles. The quantitative estimate of drug-likeness (QED) is 0.532. The number of carbonyl (C=O) groups excluding carboxylic acids is 1. The van der Waals surface area contributed by atoms with Gasteiger partial charge in [-0.3, -0.25) is 9.79 Å². The van der Waals surface area contributed by atoms with E-state index in [-0.39, 0.29) is 5.91 Å². The summed E-state index contributed by atoms with van der Waals surface area (Å²) < 4.78 is 0. The maximum absolute atomic E-state index is 10.9. The van der Waals surface area contributed by atoms with E-state index in [1.807, 2.05) is 19.1 Å². The molecule has 0 unspecified atom stereocenters. The van der Waals surface area contributed by atoms with E-state index in [4.69, 9.17) is 5.73 Å². The molecule has 5 nitrogen and oxygen atoms in total. The fourth-order valence-electron chi connectivity index (χ4n) is 1.24. The highest BCUT2D eigenvalue weighted by molar-refractivity contribution is 5.94. The maximum atomic E-state index is 10.9. The van der Waals surface area contributed by atoms with Gasteiger partial charge in [0.1, 0.15) is 0 Å². The van der Waals surface area contributed by atoms with E-state index >= 15 is 0 Å². The largest absolute Gasteiger partial charge is 0.370 e. The lowest BCUT2D eigenvalue weighted by molar-refractivity contribution is -0.114. The van der Waals surface area contributed by atoms with Gasteiger partial charge in [-0.05, 0) is 25.1 Å². The number of anilines is 2. The average Bonchev–Trinajstić information content (AvgIpc) is 2.17. The van der Waals surface area contributed by atoms with Crippen LogP contribution in [0.15, 0.2) is 29.3 Å². The lowest BCUT2D eigenvalue weighted by atomic mass is 10.3. The van der Waals surface area contributed by atoms with Gasteiger partial charge >= 0.3 is 0 Å². The number of aliphatic imine (C=N–C) groups is 1. The van der Waals surface area contributed by atoms with Crippen molar-refractivity contribution in [2.24, 2.45) is 10.7 Å². The lowest BCUT2D eigenvalue weighted by Gasteiger charge is -2.07. The number of amides is 1. The number of guanidine groups is 1. The van der Waals surface area contributed by atoms with Gasteiger partial charge < -0.3 is 16.4 Å². The summed E-state index contributed by atoms with van der Waals surface area (Å²) in [5.74, 6) is 0.259. The molecule has 5 heteroatoms. The molecule has 0 fully saturated rings. The van der Waals surface area contributed by atoms with Crippen molar-refractivity contribution in [3.05, 3.63) is 24.3 Å². The minimum absolute atomic E-state index is 0.104. The first kappa shape index (κ1) is 12.0. The molecular weight excluding hydrogens is 204 g/mol. The van der Waals surface area contributed by atoms with Crippen molar-refractivity contribution in [3.8, 4) is 0 Å². The minimum atomic E-state index is -0.104. The number of hydrogen-bond acceptors (Lipinski definition) is 2. The van der Waals surface area contributed by atoms with E-state index in [0.29, 0.717) is 12.5 Å². The smallest absolute Gasteiger partial charge is 0.221 e. The Kier molecular flexibility index (Phi) is 4.32. The number of nitrogens with two attached hydrogens (primary N) is 1. The molecule has 0 saturated heterocycles. The summed E-state index contributed by atoms with van der Waals surface area (Å²) in [7, 11) is 0. The van der Waals surface area contributed by atoms with Crippen LogP contribution in [-0.2, 0) is 4.79 Å². The first-order valence-corrected chi connectivity index (χ1v) is 5.06. The molecule has 1 rings (SSSR count). The zero-order valence-electron chi connectivity index (χ0n) is 9.45. The summed E-state index contributed by atoms with van der Waals surface area (Å²) in [4.78, 5) is 14.9. The number of benzene rings is 1. The molecular formula is C11H16N4O. The van der Waals surface area contributed by atoms with E-state index in [1.54, 1.807) is 12.1 Å². The van der Waals surface area contributed by atoms with Crippen molar-refractivity contribution >= 4 is 23.2 Å². The van der Waals surface area contributed by atoms with Crippen LogP contribution in [0.2, 0.25) is 0 Å². The Morgan fingerprint density at radius 1 is 1.38 bits per heavy atom. The predicted molar refractivity (Wildman–Crippen MR) is 66.5 cm³/mol. The molecule has 4 N–H and O–H groups in total. The summed E-state index contributed by atoms with van der Waals surface area (Å²) in [6.07, 6.45) is 0. The third kappa shape index (κ3) is 4.00. The van der Waals surface area contributed by atoms with Gasteiger partial charge in [-0.1, -0.05) is 6.07 Å². The second kappa shape index (κ2) is 5.75. The zero-order valence-corrected chi connectivity index (χ0v) is 9.45. The van der Waals surface area contributed by atoms with Crippen LogP contribution in [0.3, 0.4) is 0 Å². The van der Waals surface area contributed by atoms with E-state index in [2.05, 4.69) is 15.6 Å². The zero-order chi connectivity index (χ0) is 12.0. The fourth-order valence-corrected chi connectivity index (χ4v) is 1.24. The second-order valence-corrected chi connectivity index (χ2v) is 3.25. The van der Waals surface area contributed by atoms with Crippen LogP contribution in [0.5, 0.6) is 0 Å². The molecule has 0 radical (unpaired) electrons. The van der Waals surface area contributed by atoms with Gasteiger partial charge in [0.2, 0.25) is 5.91 Å². The molecule has 0 aromatic heterocycles. The van der Waals surface area contributed by atoms with Crippen molar-refractivity contribution in [2.45, 2.75) is 13.8 Å². The van der Waals surface area contributed by atoms with Gasteiger partial charge in [0, 0.05) is 24.8 Å². The molecule has 0 saturated carbocycles. The molecule has 0 spiro atoms. The van der Waals surface area contributed by atoms with Gasteiger partial charge in [0.05, 0.1) is 0 Å². The Labute approximate surface area is 94.8 Å². The first-order chi connectivity index (χ1) is 7.61. The molecule has 16 heavy (non-hydrogen) atoms. The Morgan fingerprint density at radius 2 is 2.00 bits per heavy atom. The monoisotopic (exact) mass is 220 g/mol. The van der Waals surface area contributed by atoms with E-state index < -0.39 is 0 Å². The van der Waals surface area contributed by atoms with Crippen LogP contribution < -0.4 is 16.4 Å². The van der Waals surface area contributed by atoms with Crippen LogP contribution >= 0.6 is 0 Å². The molecule has 1 aromatic rings. The van der Waals surface area contributed by atoms with E-state index in [9.17, 15) is 4.79 Å². The molecule has 0 bridgehead atoms. The predicted octanol–water partition coefficient (Wildman–Crippen LogP) is 1.39. The van der Waals surface area contributed by atoms with Crippen molar-refractivity contribution in [3.63, 3.8) is 0 Å². The number of rotatable bonds is 3. The number of hydrogen-bond donors (Lipinski definition) is 3. The summed E-state index contributed by atoms with van der Waals surface area (Å²) >= 11 is 0. The number of nitrogens with one attached hydrogen (secondary N) is 2. The molecule has 0 heterocycles. The van der Waals surface area contributed by atoms with Gasteiger partial charge in [-0.2, -0.15) is 0 Å². The second-order valence-electron chi connectivity index (χ2n) is 3.25. The van der Waals surface area contributed by atoms with Crippen LogP contribution in [0.4, 0.5) is 11.4 Å². The third-order valence-electron chi connectivity index (χ3n) is 1.78. The van der Waals surface area contributed by atoms with Crippen molar-refractivity contribution in [2.75, 3.05) is 17.2 Å². The summed E-state index contributed by atoms with van der Waals surface area (Å²) in [5.41, 5.74) is 7.14. The summed E-state index contributed by atoms with van der Waals surface area (Å²) in [6, 6.07) is 7.27. The molecule has 86 valence electrons. The van der Waals surface area contributed by atoms with Crippen molar-refractivity contribution in [1.82, 2.24) is 0 Å². The van der Waals surface area contributed by atoms with Crippen LogP contribution in [0.1, 0.15) is 13.8 Å². The van der Waals surface area contributed by atoms with Gasteiger partial charge in [0.25, 0.3) is 0 Å². The number of nitrogens with zero attached hydrogens (tertiary/aromatic N) is 1. The number of carbonyl (C=O) groups is 1. The third-order valence-corrected chi connectivity index (χ3v) is 1.78. The van der Waals surface area contributed by atoms with Gasteiger partial charge in [-0.15, -0.1) is 0 Å². The minimum Gasteiger partial charge on any atom is -0.370 e. The summed E-state index contributed by atoms with van der Waals surface area (Å²) in [6.45, 7) is 4.00. The van der Waals surface area contributed by atoms with Crippen LogP contribution in [0, 0.1) is 0 Å². The maximum Gasteiger partial charge on any atom is 0.221 e. The van der Waals surface area contributed by atoms with Crippen molar-refractivity contribution < 1.29 is 4.79 Å². The van der Waals surface area contributed by atoms with Crippen molar-refractivity contribution in [1.29, 1.82) is 0 Å². The normalized spacial score (nSPS) is 11.0. The molecule has 1 amide bonds. The highest BCUT2D eigenvalue weighted by Gasteiger charge is 1.98. The highest BCUT2D eigenvalue weighted by atomic mass is 16.1. The Balaban J connectivity index is 2.74. The molecule has 0 aliphatic heterocycles. The Bertz CT molecular complexity index is 401. The lowest BCUT2D eigenvalue weighted by Crippen LogP contribution is -2.22. The fraction of sp³-hybridized carbons (Fsp3) is 0.273. The van der Waals surface area contributed by atoms with Gasteiger partial charge in [-0.25, -0.2) is 0 Å². The van der Waals surface area contributed by atoms with E-state index in [0.717, 1.165) is 11.4 Å². The summed E-state index contributed by atoms with van der Waals surface area (Å²) in [5, 5.41) is 5.62. The van der Waals surface area contributed by atoms with E-state index in [1.165, 1.54) is 6.92 Å². The molecule has 0 aliphatic carbocycles. The highest BCUT2D eigenvalue weighted by Crippen LogP contribution is 2.14. The average molecular weight is 220 g/mol. The Hall–Kier alpha value is -2.04.